The first-order valence-corrected chi connectivity index (χ1v) is 6.85. The van der Waals surface area contributed by atoms with Crippen molar-refractivity contribution >= 4 is 15.9 Å². The lowest BCUT2D eigenvalue weighted by molar-refractivity contribution is -0.328. The summed E-state index contributed by atoms with van der Waals surface area (Å²) in [6.07, 6.45) is -0.135. The van der Waals surface area contributed by atoms with Crippen LogP contribution < -0.4 is 4.74 Å². The number of hydrogen-bond acceptors (Lipinski definition) is 3. The van der Waals surface area contributed by atoms with Gasteiger partial charge >= 0.3 is 0 Å². The van der Waals surface area contributed by atoms with E-state index < -0.39 is 11.4 Å². The van der Waals surface area contributed by atoms with E-state index in [2.05, 4.69) is 15.9 Å². The summed E-state index contributed by atoms with van der Waals surface area (Å²) < 4.78 is 18.5. The zero-order valence-electron chi connectivity index (χ0n) is 11.2. The van der Waals surface area contributed by atoms with E-state index >= 15 is 0 Å². The van der Waals surface area contributed by atoms with Gasteiger partial charge in [0.15, 0.2) is 11.9 Å². The van der Waals surface area contributed by atoms with Gasteiger partial charge < -0.3 is 14.2 Å². The van der Waals surface area contributed by atoms with E-state index in [4.69, 9.17) is 14.2 Å². The lowest BCUT2D eigenvalue weighted by Gasteiger charge is -2.45. The van der Waals surface area contributed by atoms with E-state index in [-0.39, 0.29) is 6.10 Å². The second-order valence-electron chi connectivity index (χ2n) is 5.45. The average Bonchev–Trinajstić information content (AvgIpc) is 2.23. The van der Waals surface area contributed by atoms with Crippen LogP contribution in [0.5, 0.6) is 5.75 Å². The Morgan fingerprint density at radius 2 is 1.89 bits per heavy atom. The second kappa shape index (κ2) is 4.83. The predicted molar refractivity (Wildman–Crippen MR) is 73.8 cm³/mol. The number of para-hydroxylation sites is 1. The van der Waals surface area contributed by atoms with E-state index in [1.165, 1.54) is 0 Å². The molecule has 0 radical (unpaired) electrons. The standard InChI is InChI=1S/C14H19BrO3/c1-13(2)12(9-16-14(3,4)18-13)17-11-8-6-5-7-10(11)15/h5-8,12H,9H2,1-4H3. The van der Waals surface area contributed by atoms with Gasteiger partial charge in [0.05, 0.1) is 11.1 Å². The fraction of sp³-hybridized carbons (Fsp3) is 0.571. The van der Waals surface area contributed by atoms with Crippen LogP contribution in [-0.2, 0) is 9.47 Å². The maximum Gasteiger partial charge on any atom is 0.163 e. The SMILES string of the molecule is CC1(C)OCC(Oc2ccccc2Br)C(C)(C)O1. The van der Waals surface area contributed by atoms with E-state index in [9.17, 15) is 0 Å². The maximum absolute atomic E-state index is 6.00. The Balaban J connectivity index is 2.13. The molecule has 1 aliphatic heterocycles. The molecule has 0 aliphatic carbocycles. The van der Waals surface area contributed by atoms with Gasteiger partial charge in [0.25, 0.3) is 0 Å². The van der Waals surface area contributed by atoms with Crippen molar-refractivity contribution in [3.05, 3.63) is 28.7 Å². The van der Waals surface area contributed by atoms with Crippen LogP contribution in [0.3, 0.4) is 0 Å². The molecule has 1 aromatic rings. The summed E-state index contributed by atoms with van der Waals surface area (Å²) in [5, 5.41) is 0. The van der Waals surface area contributed by atoms with Crippen molar-refractivity contribution in [3.63, 3.8) is 0 Å². The number of halogens is 1. The molecule has 0 spiro atoms. The molecule has 1 heterocycles. The summed E-state index contributed by atoms with van der Waals surface area (Å²) >= 11 is 3.48. The van der Waals surface area contributed by atoms with Crippen LogP contribution in [0.1, 0.15) is 27.7 Å². The lowest BCUT2D eigenvalue weighted by atomic mass is 9.99. The van der Waals surface area contributed by atoms with Crippen molar-refractivity contribution in [1.82, 2.24) is 0 Å². The van der Waals surface area contributed by atoms with E-state index in [1.54, 1.807) is 0 Å². The van der Waals surface area contributed by atoms with Gasteiger partial charge in [-0.15, -0.1) is 0 Å². The number of rotatable bonds is 2. The van der Waals surface area contributed by atoms with Crippen LogP contribution in [0, 0.1) is 0 Å². The largest absolute Gasteiger partial charge is 0.484 e. The molecule has 1 saturated heterocycles. The Hall–Kier alpha value is -0.580. The van der Waals surface area contributed by atoms with Crippen molar-refractivity contribution in [1.29, 1.82) is 0 Å². The van der Waals surface area contributed by atoms with Crippen molar-refractivity contribution in [3.8, 4) is 5.75 Å². The molecule has 0 N–H and O–H groups in total. The van der Waals surface area contributed by atoms with E-state index in [0.29, 0.717) is 6.61 Å². The summed E-state index contributed by atoms with van der Waals surface area (Å²) in [7, 11) is 0. The molecule has 4 heteroatoms. The minimum Gasteiger partial charge on any atom is -0.484 e. The van der Waals surface area contributed by atoms with Gasteiger partial charge in [0.1, 0.15) is 11.4 Å². The molecule has 0 aromatic heterocycles. The third-order valence-corrected chi connectivity index (χ3v) is 3.63. The summed E-state index contributed by atoms with van der Waals surface area (Å²) in [4.78, 5) is 0. The van der Waals surface area contributed by atoms with Crippen LogP contribution in [0.25, 0.3) is 0 Å². The fourth-order valence-electron chi connectivity index (χ4n) is 2.08. The van der Waals surface area contributed by atoms with E-state index in [1.807, 2.05) is 52.0 Å². The van der Waals surface area contributed by atoms with Crippen LogP contribution in [0.4, 0.5) is 0 Å². The normalized spacial score (nSPS) is 25.7. The Morgan fingerprint density at radius 1 is 1.22 bits per heavy atom. The molecule has 1 aliphatic rings. The number of ether oxygens (including phenoxy) is 3. The molecule has 1 unspecified atom stereocenters. The monoisotopic (exact) mass is 314 g/mol. The first-order chi connectivity index (χ1) is 8.30. The van der Waals surface area contributed by atoms with Crippen LogP contribution in [-0.4, -0.2) is 24.1 Å². The quantitative estimate of drug-likeness (QED) is 0.832. The molecule has 0 saturated carbocycles. The van der Waals surface area contributed by atoms with Crippen LogP contribution in [0.15, 0.2) is 28.7 Å². The minimum atomic E-state index is -0.558. The molecule has 0 amide bonds. The Kier molecular flexibility index (Phi) is 3.72. The van der Waals surface area contributed by atoms with Gasteiger partial charge in [-0.25, -0.2) is 0 Å². The van der Waals surface area contributed by atoms with Crippen molar-refractivity contribution in [2.24, 2.45) is 0 Å². The molecular formula is C14H19BrO3. The molecular weight excluding hydrogens is 296 g/mol. The molecule has 1 atom stereocenters. The van der Waals surface area contributed by atoms with Gasteiger partial charge in [-0.2, -0.15) is 0 Å². The summed E-state index contributed by atoms with van der Waals surface area (Å²) in [5.74, 6) is 0.250. The minimum absolute atomic E-state index is 0.135. The maximum atomic E-state index is 6.00. The smallest absolute Gasteiger partial charge is 0.163 e. The van der Waals surface area contributed by atoms with Gasteiger partial charge in [0, 0.05) is 0 Å². The van der Waals surface area contributed by atoms with Crippen molar-refractivity contribution < 1.29 is 14.2 Å². The van der Waals surface area contributed by atoms with Crippen LogP contribution >= 0.6 is 15.9 Å². The van der Waals surface area contributed by atoms with E-state index in [0.717, 1.165) is 10.2 Å². The first-order valence-electron chi connectivity index (χ1n) is 6.05. The first kappa shape index (κ1) is 13.8. The molecule has 3 nitrogen and oxygen atoms in total. The van der Waals surface area contributed by atoms with Gasteiger partial charge in [-0.1, -0.05) is 12.1 Å². The Morgan fingerprint density at radius 3 is 2.50 bits per heavy atom. The molecule has 18 heavy (non-hydrogen) atoms. The molecule has 0 bridgehead atoms. The zero-order chi connectivity index (χ0) is 13.4. The topological polar surface area (TPSA) is 27.7 Å². The average molecular weight is 315 g/mol. The van der Waals surface area contributed by atoms with Gasteiger partial charge in [-0.3, -0.25) is 0 Å². The summed E-state index contributed by atoms with van der Waals surface area (Å²) in [6.45, 7) is 8.41. The predicted octanol–water partition coefficient (Wildman–Crippen LogP) is 3.76. The Bertz CT molecular complexity index is 429. The highest BCUT2D eigenvalue weighted by atomic mass is 79.9. The summed E-state index contributed by atoms with van der Waals surface area (Å²) in [6, 6.07) is 7.79. The molecule has 1 aromatic carbocycles. The van der Waals surface area contributed by atoms with Gasteiger partial charge in [0.2, 0.25) is 0 Å². The molecule has 1 fully saturated rings. The van der Waals surface area contributed by atoms with Crippen molar-refractivity contribution in [2.45, 2.75) is 45.2 Å². The van der Waals surface area contributed by atoms with Crippen LogP contribution in [0.2, 0.25) is 0 Å². The van der Waals surface area contributed by atoms with Gasteiger partial charge in [-0.05, 0) is 55.8 Å². The number of hydrogen-bond donors (Lipinski definition) is 0. The highest BCUT2D eigenvalue weighted by Gasteiger charge is 2.43. The lowest BCUT2D eigenvalue weighted by Crippen LogP contribution is -2.56. The third-order valence-electron chi connectivity index (χ3n) is 2.97. The summed E-state index contributed by atoms with van der Waals surface area (Å²) in [5.41, 5.74) is -0.392. The highest BCUT2D eigenvalue weighted by molar-refractivity contribution is 9.10. The second-order valence-corrected chi connectivity index (χ2v) is 6.31. The zero-order valence-corrected chi connectivity index (χ0v) is 12.8. The number of benzene rings is 1. The molecule has 100 valence electrons. The highest BCUT2D eigenvalue weighted by Crippen LogP contribution is 2.34. The fourth-order valence-corrected chi connectivity index (χ4v) is 2.45. The Labute approximate surface area is 117 Å². The molecule has 2 rings (SSSR count). The van der Waals surface area contributed by atoms with Crippen molar-refractivity contribution in [2.75, 3.05) is 6.61 Å². The third kappa shape index (κ3) is 3.05.